The van der Waals surface area contributed by atoms with Gasteiger partial charge in [0.1, 0.15) is 0 Å². The summed E-state index contributed by atoms with van der Waals surface area (Å²) in [7, 11) is 0. The Bertz CT molecular complexity index is 490. The summed E-state index contributed by atoms with van der Waals surface area (Å²) in [6.07, 6.45) is 0. The van der Waals surface area contributed by atoms with Crippen LogP contribution in [0.2, 0.25) is 0 Å². The lowest BCUT2D eigenvalue weighted by atomic mass is 10.3. The van der Waals surface area contributed by atoms with Gasteiger partial charge in [-0.25, -0.2) is 4.79 Å². The van der Waals surface area contributed by atoms with Crippen molar-refractivity contribution in [2.24, 2.45) is 0 Å². The van der Waals surface area contributed by atoms with Crippen LogP contribution < -0.4 is 4.84 Å². The Balaban J connectivity index is 2.36. The summed E-state index contributed by atoms with van der Waals surface area (Å²) in [5.74, 6) is -0.0277. The molecule has 0 atom stereocenters. The fourth-order valence-electron chi connectivity index (χ4n) is 1.05. The van der Waals surface area contributed by atoms with Gasteiger partial charge >= 0.3 is 5.97 Å². The lowest BCUT2D eigenvalue weighted by Gasteiger charge is -1.99. The molecule has 0 saturated heterocycles. The molecule has 2 aromatic heterocycles. The van der Waals surface area contributed by atoms with Crippen LogP contribution in [0.5, 0.6) is 0 Å². The first-order chi connectivity index (χ1) is 7.16. The molecule has 0 aliphatic carbocycles. The topological polar surface area (TPSA) is 69.9 Å². The molecule has 0 fully saturated rings. The molecule has 2 aromatic rings. The largest absolute Gasteiger partial charge is 0.332 e. The Morgan fingerprint density at radius 1 is 1.60 bits per heavy atom. The average molecular weight is 224 g/mol. The van der Waals surface area contributed by atoms with Crippen molar-refractivity contribution in [3.8, 4) is 10.7 Å². The summed E-state index contributed by atoms with van der Waals surface area (Å²) in [6.45, 7) is 3.27. The average Bonchev–Trinajstić information content (AvgIpc) is 2.72. The van der Waals surface area contributed by atoms with Gasteiger partial charge in [-0.3, -0.25) is 0 Å². The van der Waals surface area contributed by atoms with Crippen molar-refractivity contribution in [2.75, 3.05) is 0 Å². The number of aryl methyl sites for hydroxylation is 1. The second-order valence-corrected chi connectivity index (χ2v) is 3.86. The fourth-order valence-corrected chi connectivity index (χ4v) is 1.91. The number of tetrazole rings is 1. The zero-order valence-electron chi connectivity index (χ0n) is 8.17. The molecule has 0 amide bonds. The van der Waals surface area contributed by atoms with Crippen molar-refractivity contribution >= 4 is 17.3 Å². The maximum Gasteiger partial charge on any atom is 0.332 e. The van der Waals surface area contributed by atoms with E-state index in [1.165, 1.54) is 18.3 Å². The van der Waals surface area contributed by atoms with Crippen LogP contribution in [0.4, 0.5) is 0 Å². The first-order valence-electron chi connectivity index (χ1n) is 4.19. The van der Waals surface area contributed by atoms with E-state index in [1.54, 1.807) is 0 Å². The summed E-state index contributed by atoms with van der Waals surface area (Å²) in [5.41, 5.74) is 1.12. The highest BCUT2D eigenvalue weighted by molar-refractivity contribution is 7.13. The second-order valence-electron chi connectivity index (χ2n) is 2.95. The maximum absolute atomic E-state index is 10.8. The number of thiophene rings is 1. The van der Waals surface area contributed by atoms with E-state index in [4.69, 9.17) is 4.84 Å². The number of hydrogen-bond donors (Lipinski definition) is 0. The molecule has 0 aromatic carbocycles. The number of carbonyl (C=O) groups is 1. The molecule has 0 unspecified atom stereocenters. The molecule has 0 aliphatic heterocycles. The van der Waals surface area contributed by atoms with Gasteiger partial charge in [0.2, 0.25) is 5.82 Å². The molecule has 0 aliphatic rings. The van der Waals surface area contributed by atoms with E-state index < -0.39 is 5.97 Å². The minimum absolute atomic E-state index is 0.434. The van der Waals surface area contributed by atoms with E-state index >= 15 is 0 Å². The molecule has 0 bridgehead atoms. The Kier molecular flexibility index (Phi) is 2.46. The highest BCUT2D eigenvalue weighted by atomic mass is 32.1. The van der Waals surface area contributed by atoms with Crippen LogP contribution in [-0.2, 0) is 4.79 Å². The molecular weight excluding hydrogens is 216 g/mol. The van der Waals surface area contributed by atoms with E-state index in [1.807, 2.05) is 18.4 Å². The Morgan fingerprint density at radius 3 is 3.00 bits per heavy atom. The lowest BCUT2D eigenvalue weighted by Crippen LogP contribution is -2.18. The van der Waals surface area contributed by atoms with Crippen LogP contribution in [-0.4, -0.2) is 26.3 Å². The summed E-state index contributed by atoms with van der Waals surface area (Å²) in [5, 5.41) is 12.8. The molecule has 0 spiro atoms. The molecule has 2 heterocycles. The minimum atomic E-state index is -0.461. The van der Waals surface area contributed by atoms with Gasteiger partial charge in [-0.1, -0.05) is 0 Å². The lowest BCUT2D eigenvalue weighted by molar-refractivity contribution is -0.143. The van der Waals surface area contributed by atoms with Crippen molar-refractivity contribution in [1.29, 1.82) is 0 Å². The van der Waals surface area contributed by atoms with E-state index in [9.17, 15) is 4.79 Å². The van der Waals surface area contributed by atoms with Crippen LogP contribution in [0.25, 0.3) is 10.7 Å². The molecule has 6 nitrogen and oxygen atoms in total. The second kappa shape index (κ2) is 3.77. The number of rotatable bonds is 2. The third-order valence-electron chi connectivity index (χ3n) is 1.61. The molecule has 0 saturated carbocycles. The molecular formula is C8H8N4O2S. The van der Waals surface area contributed by atoms with Gasteiger partial charge in [0, 0.05) is 6.92 Å². The van der Waals surface area contributed by atoms with E-state index in [2.05, 4.69) is 15.5 Å². The molecule has 2 rings (SSSR count). The van der Waals surface area contributed by atoms with Crippen LogP contribution in [0.1, 0.15) is 12.5 Å². The highest BCUT2D eigenvalue weighted by Crippen LogP contribution is 2.23. The van der Waals surface area contributed by atoms with Crippen molar-refractivity contribution < 1.29 is 9.63 Å². The van der Waals surface area contributed by atoms with Crippen molar-refractivity contribution in [1.82, 2.24) is 20.4 Å². The smallest absolute Gasteiger partial charge is 0.316 e. The SMILES string of the molecule is CC(=O)On1nnnc1-c1cc(C)cs1. The molecule has 15 heavy (non-hydrogen) atoms. The number of carbonyl (C=O) groups excluding carboxylic acids is 1. The predicted molar refractivity (Wildman–Crippen MR) is 53.1 cm³/mol. The molecule has 0 N–H and O–H groups in total. The van der Waals surface area contributed by atoms with Crippen LogP contribution >= 0.6 is 11.3 Å². The monoisotopic (exact) mass is 224 g/mol. The Morgan fingerprint density at radius 2 is 2.40 bits per heavy atom. The van der Waals surface area contributed by atoms with Crippen LogP contribution in [0.3, 0.4) is 0 Å². The Hall–Kier alpha value is -1.76. The first kappa shape index (κ1) is 9.78. The summed E-state index contributed by atoms with van der Waals surface area (Å²) in [6, 6.07) is 1.93. The number of aromatic nitrogens is 4. The number of nitrogens with zero attached hydrogens (tertiary/aromatic N) is 4. The van der Waals surface area contributed by atoms with Gasteiger partial charge < -0.3 is 4.84 Å². The fraction of sp³-hybridized carbons (Fsp3) is 0.250. The van der Waals surface area contributed by atoms with Crippen LogP contribution in [0.15, 0.2) is 11.4 Å². The van der Waals surface area contributed by atoms with Gasteiger partial charge in [0.25, 0.3) is 0 Å². The Labute approximate surface area is 89.4 Å². The predicted octanol–water partition coefficient (Wildman–Crippen LogP) is 0.685. The summed E-state index contributed by atoms with van der Waals surface area (Å²) >= 11 is 1.49. The minimum Gasteiger partial charge on any atom is -0.316 e. The summed E-state index contributed by atoms with van der Waals surface area (Å²) in [4.78, 5) is 17.4. The molecule has 0 radical (unpaired) electrons. The third kappa shape index (κ3) is 2.01. The third-order valence-corrected chi connectivity index (χ3v) is 2.65. The van der Waals surface area contributed by atoms with Gasteiger partial charge in [-0.05, 0) is 39.2 Å². The van der Waals surface area contributed by atoms with Crippen molar-refractivity contribution in [3.63, 3.8) is 0 Å². The first-order valence-corrected chi connectivity index (χ1v) is 5.07. The number of hydrogen-bond acceptors (Lipinski definition) is 6. The zero-order valence-corrected chi connectivity index (χ0v) is 8.98. The van der Waals surface area contributed by atoms with Gasteiger partial charge in [0.05, 0.1) is 4.88 Å². The molecule has 78 valence electrons. The van der Waals surface area contributed by atoms with E-state index in [0.717, 1.165) is 15.3 Å². The standard InChI is InChI=1S/C8H8N4O2S/c1-5-3-7(15-4-5)8-9-10-11-12(8)14-6(2)13/h3-4H,1-2H3. The highest BCUT2D eigenvalue weighted by Gasteiger charge is 2.12. The normalized spacial score (nSPS) is 10.3. The van der Waals surface area contributed by atoms with Gasteiger partial charge in [0.15, 0.2) is 0 Å². The van der Waals surface area contributed by atoms with E-state index in [0.29, 0.717) is 5.82 Å². The molecule has 7 heteroatoms. The van der Waals surface area contributed by atoms with Gasteiger partial charge in [-0.15, -0.1) is 16.4 Å². The summed E-state index contributed by atoms with van der Waals surface area (Å²) < 4.78 is 0. The van der Waals surface area contributed by atoms with Crippen molar-refractivity contribution in [2.45, 2.75) is 13.8 Å². The van der Waals surface area contributed by atoms with E-state index in [-0.39, 0.29) is 0 Å². The van der Waals surface area contributed by atoms with Crippen LogP contribution in [0, 0.1) is 6.92 Å². The zero-order chi connectivity index (χ0) is 10.8. The maximum atomic E-state index is 10.8. The van der Waals surface area contributed by atoms with Crippen molar-refractivity contribution in [3.05, 3.63) is 17.0 Å². The van der Waals surface area contributed by atoms with Gasteiger partial charge in [-0.2, -0.15) is 0 Å². The quantitative estimate of drug-likeness (QED) is 0.702.